The predicted molar refractivity (Wildman–Crippen MR) is 76.5 cm³/mol. The minimum Gasteiger partial charge on any atom is -0.492 e. The lowest BCUT2D eigenvalue weighted by Crippen LogP contribution is -2.27. The molecule has 0 fully saturated rings. The number of carbonyl (C=O) groups is 1. The van der Waals surface area contributed by atoms with Gasteiger partial charge in [-0.3, -0.25) is 4.79 Å². The van der Waals surface area contributed by atoms with Gasteiger partial charge in [-0.2, -0.15) is 0 Å². The average molecular weight is 274 g/mol. The highest BCUT2D eigenvalue weighted by atomic mass is 16.5. The number of benzene rings is 1. The van der Waals surface area contributed by atoms with E-state index in [9.17, 15) is 4.79 Å². The highest BCUT2D eigenvalue weighted by Gasteiger charge is 2.14. The molecule has 106 valence electrons. The second-order valence-corrected chi connectivity index (χ2v) is 4.36. The van der Waals surface area contributed by atoms with Gasteiger partial charge >= 0.3 is 0 Å². The number of amides is 1. The molecule has 0 aliphatic carbocycles. The van der Waals surface area contributed by atoms with E-state index in [-0.39, 0.29) is 11.9 Å². The average Bonchev–Trinajstić information content (AvgIpc) is 2.95. The third-order valence-corrected chi connectivity index (χ3v) is 2.85. The second-order valence-electron chi connectivity index (χ2n) is 4.36. The molecule has 6 nitrogen and oxygen atoms in total. The summed E-state index contributed by atoms with van der Waals surface area (Å²) < 4.78 is 5.34. The van der Waals surface area contributed by atoms with E-state index in [0.717, 1.165) is 0 Å². The molecule has 0 radical (unpaired) electrons. The fraction of sp³-hybridized carbons (Fsp3) is 0.286. The van der Waals surface area contributed by atoms with E-state index in [1.54, 1.807) is 30.6 Å². The van der Waals surface area contributed by atoms with Crippen LogP contribution < -0.4 is 15.8 Å². The number of aromatic nitrogens is 2. The summed E-state index contributed by atoms with van der Waals surface area (Å²) >= 11 is 0. The number of anilines is 1. The molecule has 1 amide bonds. The van der Waals surface area contributed by atoms with E-state index < -0.39 is 0 Å². The van der Waals surface area contributed by atoms with Crippen LogP contribution in [0.15, 0.2) is 30.6 Å². The zero-order chi connectivity index (χ0) is 14.5. The fourth-order valence-corrected chi connectivity index (χ4v) is 1.84. The van der Waals surface area contributed by atoms with Gasteiger partial charge in [0.15, 0.2) is 0 Å². The molecule has 0 aliphatic rings. The smallest absolute Gasteiger partial charge is 0.251 e. The first-order valence-corrected chi connectivity index (χ1v) is 6.44. The number of H-pyrrole nitrogens is 1. The van der Waals surface area contributed by atoms with E-state index >= 15 is 0 Å². The van der Waals surface area contributed by atoms with Crippen molar-refractivity contribution < 1.29 is 9.53 Å². The summed E-state index contributed by atoms with van der Waals surface area (Å²) in [6.45, 7) is 4.27. The maximum Gasteiger partial charge on any atom is 0.251 e. The Morgan fingerprint density at radius 2 is 2.35 bits per heavy atom. The number of nitrogens with two attached hydrogens (primary N) is 1. The highest BCUT2D eigenvalue weighted by Crippen LogP contribution is 2.22. The second kappa shape index (κ2) is 6.10. The zero-order valence-electron chi connectivity index (χ0n) is 11.5. The van der Waals surface area contributed by atoms with Gasteiger partial charge in [-0.05, 0) is 32.0 Å². The molecule has 0 spiro atoms. The Morgan fingerprint density at radius 1 is 1.55 bits per heavy atom. The normalized spacial score (nSPS) is 11.9. The van der Waals surface area contributed by atoms with Crippen molar-refractivity contribution in [2.24, 2.45) is 0 Å². The van der Waals surface area contributed by atoms with Gasteiger partial charge in [0.1, 0.15) is 11.6 Å². The first-order valence-electron chi connectivity index (χ1n) is 6.44. The van der Waals surface area contributed by atoms with E-state index in [0.29, 0.717) is 29.4 Å². The summed E-state index contributed by atoms with van der Waals surface area (Å²) in [6.07, 6.45) is 3.36. The summed E-state index contributed by atoms with van der Waals surface area (Å²) in [5.41, 5.74) is 6.79. The van der Waals surface area contributed by atoms with Crippen molar-refractivity contribution >= 4 is 11.6 Å². The van der Waals surface area contributed by atoms with Gasteiger partial charge in [0.2, 0.25) is 0 Å². The molecule has 1 aromatic heterocycles. The molecule has 0 saturated carbocycles. The van der Waals surface area contributed by atoms with Gasteiger partial charge in [0, 0.05) is 18.0 Å². The summed E-state index contributed by atoms with van der Waals surface area (Å²) in [7, 11) is 0. The Morgan fingerprint density at radius 3 is 2.95 bits per heavy atom. The Bertz CT molecular complexity index is 581. The molecule has 0 saturated heterocycles. The summed E-state index contributed by atoms with van der Waals surface area (Å²) in [6, 6.07) is 4.79. The zero-order valence-corrected chi connectivity index (χ0v) is 11.5. The lowest BCUT2D eigenvalue weighted by Gasteiger charge is -2.13. The van der Waals surface area contributed by atoms with Crippen molar-refractivity contribution in [3.05, 3.63) is 42.0 Å². The number of aromatic amines is 1. The van der Waals surface area contributed by atoms with Crippen LogP contribution in [0.25, 0.3) is 0 Å². The summed E-state index contributed by atoms with van der Waals surface area (Å²) in [4.78, 5) is 19.2. The maximum atomic E-state index is 12.1. The van der Waals surface area contributed by atoms with Gasteiger partial charge in [-0.1, -0.05) is 0 Å². The number of ether oxygens (including phenoxy) is 1. The molecule has 1 heterocycles. The van der Waals surface area contributed by atoms with E-state index in [4.69, 9.17) is 10.5 Å². The van der Waals surface area contributed by atoms with Crippen LogP contribution in [-0.2, 0) is 0 Å². The van der Waals surface area contributed by atoms with Crippen LogP contribution in [0.5, 0.6) is 5.75 Å². The maximum absolute atomic E-state index is 12.1. The quantitative estimate of drug-likeness (QED) is 0.726. The third-order valence-electron chi connectivity index (χ3n) is 2.85. The molecule has 2 rings (SSSR count). The van der Waals surface area contributed by atoms with Crippen LogP contribution in [0.4, 0.5) is 5.69 Å². The molecule has 1 aromatic carbocycles. The first-order chi connectivity index (χ1) is 9.61. The Labute approximate surface area is 117 Å². The Balaban J connectivity index is 2.07. The molecule has 1 unspecified atom stereocenters. The largest absolute Gasteiger partial charge is 0.492 e. The monoisotopic (exact) mass is 274 g/mol. The molecule has 6 heteroatoms. The summed E-state index contributed by atoms with van der Waals surface area (Å²) in [5, 5.41) is 2.85. The van der Waals surface area contributed by atoms with Crippen molar-refractivity contribution in [2.45, 2.75) is 19.9 Å². The molecular weight excluding hydrogens is 256 g/mol. The molecule has 0 bridgehead atoms. The Hall–Kier alpha value is -2.50. The number of rotatable bonds is 5. The van der Waals surface area contributed by atoms with Crippen molar-refractivity contribution in [3.63, 3.8) is 0 Å². The number of carbonyl (C=O) groups excluding carboxylic acids is 1. The van der Waals surface area contributed by atoms with Crippen molar-refractivity contribution in [3.8, 4) is 5.75 Å². The lowest BCUT2D eigenvalue weighted by molar-refractivity contribution is 0.0938. The van der Waals surface area contributed by atoms with Gasteiger partial charge in [-0.15, -0.1) is 0 Å². The van der Waals surface area contributed by atoms with Crippen LogP contribution >= 0.6 is 0 Å². The fourth-order valence-electron chi connectivity index (χ4n) is 1.84. The Kier molecular flexibility index (Phi) is 4.24. The SMILES string of the molecule is CCOc1ccc(C(=O)NC(C)c2ncc[nH]2)cc1N. The number of nitrogens with one attached hydrogen (secondary N) is 2. The van der Waals surface area contributed by atoms with Gasteiger partial charge < -0.3 is 20.8 Å². The third kappa shape index (κ3) is 3.09. The molecular formula is C14H18N4O2. The number of nitrogen functional groups attached to an aromatic ring is 1. The first kappa shape index (κ1) is 13.9. The molecule has 4 N–H and O–H groups in total. The van der Waals surface area contributed by atoms with Crippen molar-refractivity contribution in [1.82, 2.24) is 15.3 Å². The topological polar surface area (TPSA) is 93.0 Å². The number of imidazole rings is 1. The van der Waals surface area contributed by atoms with Gasteiger partial charge in [0.25, 0.3) is 5.91 Å². The van der Waals surface area contributed by atoms with Crippen LogP contribution in [0.2, 0.25) is 0 Å². The van der Waals surface area contributed by atoms with E-state index in [1.807, 2.05) is 13.8 Å². The standard InChI is InChI=1S/C14H18N4O2/c1-3-20-12-5-4-10(8-11(12)15)14(19)18-9(2)13-16-6-7-17-13/h4-9H,3,15H2,1-2H3,(H,16,17)(H,18,19). The van der Waals surface area contributed by atoms with Gasteiger partial charge in [-0.25, -0.2) is 4.98 Å². The van der Waals surface area contributed by atoms with Crippen molar-refractivity contribution in [2.75, 3.05) is 12.3 Å². The van der Waals surface area contributed by atoms with Crippen molar-refractivity contribution in [1.29, 1.82) is 0 Å². The molecule has 1 atom stereocenters. The number of hydrogen-bond donors (Lipinski definition) is 3. The molecule has 20 heavy (non-hydrogen) atoms. The number of nitrogens with zero attached hydrogens (tertiary/aromatic N) is 1. The minimum atomic E-state index is -0.205. The van der Waals surface area contributed by atoms with Crippen LogP contribution in [0.3, 0.4) is 0 Å². The van der Waals surface area contributed by atoms with Gasteiger partial charge in [0.05, 0.1) is 18.3 Å². The predicted octanol–water partition coefficient (Wildman–Crippen LogP) is 1.88. The van der Waals surface area contributed by atoms with E-state index in [1.165, 1.54) is 0 Å². The highest BCUT2D eigenvalue weighted by molar-refractivity contribution is 5.95. The van der Waals surface area contributed by atoms with Crippen LogP contribution in [0, 0.1) is 0 Å². The van der Waals surface area contributed by atoms with Crippen LogP contribution in [0.1, 0.15) is 36.1 Å². The molecule has 0 aliphatic heterocycles. The lowest BCUT2D eigenvalue weighted by atomic mass is 10.1. The summed E-state index contributed by atoms with van der Waals surface area (Å²) in [5.74, 6) is 1.09. The number of hydrogen-bond acceptors (Lipinski definition) is 4. The molecule has 2 aromatic rings. The van der Waals surface area contributed by atoms with Crippen LogP contribution in [-0.4, -0.2) is 22.5 Å². The van der Waals surface area contributed by atoms with E-state index in [2.05, 4.69) is 15.3 Å². The minimum absolute atomic E-state index is 0.203.